The van der Waals surface area contributed by atoms with Crippen LogP contribution in [0, 0.1) is 0 Å². The second-order valence-corrected chi connectivity index (χ2v) is 2.79. The average Bonchev–Trinajstić information content (AvgIpc) is 2.43. The maximum Gasteiger partial charge on any atom is 0.408 e. The summed E-state index contributed by atoms with van der Waals surface area (Å²) in [6.07, 6.45) is 5.21. The monoisotopic (exact) mass is 139 g/mol. The van der Waals surface area contributed by atoms with Gasteiger partial charge < -0.3 is 5.11 Å². The second-order valence-electron chi connectivity index (χ2n) is 2.79. The molecule has 0 aromatic heterocycles. The van der Waals surface area contributed by atoms with E-state index >= 15 is 0 Å². The Hall–Kier alpha value is -0.990. The molecule has 0 aliphatic carbocycles. The fraction of sp³-hybridized carbons (Fsp3) is 0.571. The van der Waals surface area contributed by atoms with E-state index in [4.69, 9.17) is 5.11 Å². The van der Waals surface area contributed by atoms with Crippen LogP contribution in [0.1, 0.15) is 12.8 Å². The first-order chi connectivity index (χ1) is 4.79. The van der Waals surface area contributed by atoms with Crippen LogP contribution in [0.2, 0.25) is 0 Å². The van der Waals surface area contributed by atoms with Crippen LogP contribution >= 0.6 is 0 Å². The fourth-order valence-corrected chi connectivity index (χ4v) is 1.78. The molecule has 3 nitrogen and oxygen atoms in total. The Bertz CT molecular complexity index is 186. The molecule has 0 aromatic carbocycles. The molecule has 10 heavy (non-hydrogen) atoms. The van der Waals surface area contributed by atoms with Crippen molar-refractivity contribution in [3.63, 3.8) is 0 Å². The second kappa shape index (κ2) is 1.75. The van der Waals surface area contributed by atoms with Gasteiger partial charge in [0.1, 0.15) is 0 Å². The molecule has 1 amide bonds. The Morgan fingerprint density at radius 3 is 2.10 bits per heavy atom. The van der Waals surface area contributed by atoms with Gasteiger partial charge in [-0.15, -0.1) is 0 Å². The zero-order valence-electron chi connectivity index (χ0n) is 5.53. The molecule has 2 aliphatic heterocycles. The number of nitrogens with zero attached hydrogens (tertiary/aromatic N) is 1. The number of carboxylic acid groups (broad SMARTS) is 1. The normalized spacial score (nSPS) is 35.4. The smallest absolute Gasteiger partial charge is 0.408 e. The highest BCUT2D eigenvalue weighted by Crippen LogP contribution is 2.31. The summed E-state index contributed by atoms with van der Waals surface area (Å²) in [5.41, 5.74) is 0. The van der Waals surface area contributed by atoms with Gasteiger partial charge in [-0.25, -0.2) is 4.79 Å². The van der Waals surface area contributed by atoms with Crippen LogP contribution in [-0.4, -0.2) is 28.2 Å². The molecule has 1 N–H and O–H groups in total. The average molecular weight is 139 g/mol. The Kier molecular flexibility index (Phi) is 1.01. The highest BCUT2D eigenvalue weighted by molar-refractivity contribution is 5.68. The molecular weight excluding hydrogens is 130 g/mol. The highest BCUT2D eigenvalue weighted by atomic mass is 16.4. The molecular formula is C7H9NO2. The Balaban J connectivity index is 2.22. The summed E-state index contributed by atoms with van der Waals surface area (Å²) in [7, 11) is 0. The highest BCUT2D eigenvalue weighted by Gasteiger charge is 2.38. The minimum Gasteiger partial charge on any atom is -0.465 e. The first-order valence-electron chi connectivity index (χ1n) is 3.48. The van der Waals surface area contributed by atoms with Gasteiger partial charge in [0, 0.05) is 0 Å². The number of fused-ring (bicyclic) bond motifs is 2. The van der Waals surface area contributed by atoms with Crippen molar-refractivity contribution in [2.75, 3.05) is 0 Å². The third-order valence-corrected chi connectivity index (χ3v) is 2.25. The van der Waals surface area contributed by atoms with Gasteiger partial charge in [-0.1, -0.05) is 12.2 Å². The van der Waals surface area contributed by atoms with E-state index in [0.29, 0.717) is 0 Å². The maximum absolute atomic E-state index is 10.5. The Morgan fingerprint density at radius 2 is 1.90 bits per heavy atom. The van der Waals surface area contributed by atoms with Crippen LogP contribution in [0.3, 0.4) is 0 Å². The summed E-state index contributed by atoms with van der Waals surface area (Å²) in [6.45, 7) is 0. The van der Waals surface area contributed by atoms with Crippen molar-refractivity contribution in [3.05, 3.63) is 12.2 Å². The van der Waals surface area contributed by atoms with E-state index in [1.165, 1.54) is 4.90 Å². The van der Waals surface area contributed by atoms with E-state index < -0.39 is 6.09 Å². The predicted octanol–water partition coefficient (Wildman–Crippen LogP) is 1.07. The van der Waals surface area contributed by atoms with Crippen LogP contribution in [-0.2, 0) is 0 Å². The van der Waals surface area contributed by atoms with Crippen molar-refractivity contribution in [3.8, 4) is 0 Å². The number of rotatable bonds is 0. The number of hydrogen-bond donors (Lipinski definition) is 1. The largest absolute Gasteiger partial charge is 0.465 e. The topological polar surface area (TPSA) is 40.5 Å². The van der Waals surface area contributed by atoms with E-state index in [1.807, 2.05) is 12.2 Å². The summed E-state index contributed by atoms with van der Waals surface area (Å²) in [5, 5.41) is 8.68. The van der Waals surface area contributed by atoms with Crippen LogP contribution in [0.5, 0.6) is 0 Å². The molecule has 0 aromatic rings. The molecule has 2 unspecified atom stereocenters. The first kappa shape index (κ1) is 5.77. The van der Waals surface area contributed by atoms with Gasteiger partial charge in [-0.2, -0.15) is 0 Å². The van der Waals surface area contributed by atoms with Gasteiger partial charge in [0.05, 0.1) is 12.1 Å². The van der Waals surface area contributed by atoms with Gasteiger partial charge in [-0.05, 0) is 12.8 Å². The molecule has 1 fully saturated rings. The minimum atomic E-state index is -0.780. The van der Waals surface area contributed by atoms with Crippen LogP contribution in [0.4, 0.5) is 4.79 Å². The van der Waals surface area contributed by atoms with E-state index in [-0.39, 0.29) is 12.1 Å². The van der Waals surface area contributed by atoms with Crippen molar-refractivity contribution in [1.29, 1.82) is 0 Å². The van der Waals surface area contributed by atoms with E-state index in [1.54, 1.807) is 0 Å². The third kappa shape index (κ3) is 0.574. The standard InChI is InChI=1S/C7H9NO2/c9-7(10)8-5-1-2-6(8)4-3-5/h1-2,5-6H,3-4H2,(H,9,10). The summed E-state index contributed by atoms with van der Waals surface area (Å²) < 4.78 is 0. The van der Waals surface area contributed by atoms with E-state index in [2.05, 4.69) is 0 Å². The number of amides is 1. The van der Waals surface area contributed by atoms with Gasteiger partial charge in [0.25, 0.3) is 0 Å². The summed E-state index contributed by atoms with van der Waals surface area (Å²) in [5.74, 6) is 0. The van der Waals surface area contributed by atoms with Crippen molar-refractivity contribution in [2.24, 2.45) is 0 Å². The van der Waals surface area contributed by atoms with Gasteiger partial charge >= 0.3 is 6.09 Å². The molecule has 2 heterocycles. The van der Waals surface area contributed by atoms with Gasteiger partial charge in [0.15, 0.2) is 0 Å². The summed E-state index contributed by atoms with van der Waals surface area (Å²) >= 11 is 0. The van der Waals surface area contributed by atoms with Crippen LogP contribution < -0.4 is 0 Å². The molecule has 3 heteroatoms. The lowest BCUT2D eigenvalue weighted by Crippen LogP contribution is -2.34. The molecule has 0 spiro atoms. The quantitative estimate of drug-likeness (QED) is 0.510. The SMILES string of the molecule is O=C(O)N1C2C=CC1CC2. The zero-order chi connectivity index (χ0) is 7.14. The minimum absolute atomic E-state index is 0.183. The molecule has 2 atom stereocenters. The molecule has 1 saturated heterocycles. The third-order valence-electron chi connectivity index (χ3n) is 2.25. The van der Waals surface area contributed by atoms with Crippen molar-refractivity contribution < 1.29 is 9.90 Å². The molecule has 2 rings (SSSR count). The fourth-order valence-electron chi connectivity index (χ4n) is 1.78. The lowest BCUT2D eigenvalue weighted by atomic mass is 10.1. The molecule has 0 saturated carbocycles. The molecule has 54 valence electrons. The lowest BCUT2D eigenvalue weighted by Gasteiger charge is -2.17. The van der Waals surface area contributed by atoms with Crippen molar-refractivity contribution in [2.45, 2.75) is 24.9 Å². The van der Waals surface area contributed by atoms with Gasteiger partial charge in [-0.3, -0.25) is 4.90 Å². The van der Waals surface area contributed by atoms with E-state index in [9.17, 15) is 4.79 Å². The van der Waals surface area contributed by atoms with Crippen LogP contribution in [0.25, 0.3) is 0 Å². The first-order valence-corrected chi connectivity index (χ1v) is 3.48. The Labute approximate surface area is 58.9 Å². The van der Waals surface area contributed by atoms with Crippen LogP contribution in [0.15, 0.2) is 12.2 Å². The summed E-state index contributed by atoms with van der Waals surface area (Å²) in [6, 6.07) is 0.366. The summed E-state index contributed by atoms with van der Waals surface area (Å²) in [4.78, 5) is 12.1. The number of carbonyl (C=O) groups is 1. The lowest BCUT2D eigenvalue weighted by molar-refractivity contribution is 0.142. The number of hydrogen-bond acceptors (Lipinski definition) is 1. The van der Waals surface area contributed by atoms with Crippen molar-refractivity contribution >= 4 is 6.09 Å². The molecule has 2 bridgehead atoms. The zero-order valence-corrected chi connectivity index (χ0v) is 5.53. The van der Waals surface area contributed by atoms with Gasteiger partial charge in [0.2, 0.25) is 0 Å². The molecule has 0 radical (unpaired) electrons. The maximum atomic E-state index is 10.5. The van der Waals surface area contributed by atoms with E-state index in [0.717, 1.165) is 12.8 Å². The predicted molar refractivity (Wildman–Crippen MR) is 35.8 cm³/mol. The van der Waals surface area contributed by atoms with Crippen molar-refractivity contribution in [1.82, 2.24) is 4.90 Å². The Morgan fingerprint density at radius 1 is 1.40 bits per heavy atom. The molecule has 2 aliphatic rings.